The summed E-state index contributed by atoms with van der Waals surface area (Å²) in [5.41, 5.74) is 0.588. The van der Waals surface area contributed by atoms with Crippen LogP contribution in [0.4, 0.5) is 0 Å². The van der Waals surface area contributed by atoms with Crippen LogP contribution in [0.25, 0.3) is 0 Å². The molecular formula is C23H34N4O4. The Labute approximate surface area is 183 Å². The number of amides is 1. The topological polar surface area (TPSA) is 78.6 Å². The highest BCUT2D eigenvalue weighted by Gasteiger charge is 2.28. The van der Waals surface area contributed by atoms with Gasteiger partial charge in [-0.2, -0.15) is 5.10 Å². The summed E-state index contributed by atoms with van der Waals surface area (Å²) in [5.74, 6) is 1.83. The zero-order valence-corrected chi connectivity index (χ0v) is 18.9. The third kappa shape index (κ3) is 5.55. The fourth-order valence-corrected chi connectivity index (χ4v) is 3.93. The summed E-state index contributed by atoms with van der Waals surface area (Å²) < 4.78 is 14.0. The highest BCUT2D eigenvalue weighted by Crippen LogP contribution is 2.27. The van der Waals surface area contributed by atoms with Crippen molar-refractivity contribution in [3.05, 3.63) is 46.1 Å². The molecule has 8 heteroatoms. The Kier molecular flexibility index (Phi) is 8.28. The van der Waals surface area contributed by atoms with E-state index < -0.39 is 0 Å². The number of piperidine rings is 1. The predicted molar refractivity (Wildman–Crippen MR) is 119 cm³/mol. The molecule has 31 heavy (non-hydrogen) atoms. The van der Waals surface area contributed by atoms with Crippen LogP contribution in [0.3, 0.4) is 0 Å². The van der Waals surface area contributed by atoms with Crippen molar-refractivity contribution >= 4 is 5.91 Å². The van der Waals surface area contributed by atoms with E-state index in [4.69, 9.17) is 9.47 Å². The minimum absolute atomic E-state index is 0.0389. The van der Waals surface area contributed by atoms with Crippen LogP contribution in [-0.4, -0.2) is 58.6 Å². The monoisotopic (exact) mass is 430 g/mol. The molecule has 170 valence electrons. The van der Waals surface area contributed by atoms with Crippen molar-refractivity contribution in [2.75, 3.05) is 33.4 Å². The molecule has 0 unspecified atom stereocenters. The first-order valence-electron chi connectivity index (χ1n) is 11.3. The molecule has 1 aliphatic heterocycles. The number of carbonyl (C=O) groups is 1. The van der Waals surface area contributed by atoms with E-state index in [-0.39, 0.29) is 17.5 Å². The smallest absolute Gasteiger partial charge is 0.345 e. The van der Waals surface area contributed by atoms with Crippen LogP contribution >= 0.6 is 0 Å². The largest absolute Gasteiger partial charge is 0.494 e. The van der Waals surface area contributed by atoms with Crippen molar-refractivity contribution in [1.29, 1.82) is 0 Å². The van der Waals surface area contributed by atoms with Crippen LogP contribution in [0, 0.1) is 0 Å². The van der Waals surface area contributed by atoms with Crippen LogP contribution in [-0.2, 0) is 17.8 Å². The number of rotatable bonds is 10. The summed E-state index contributed by atoms with van der Waals surface area (Å²) in [4.78, 5) is 27.4. The Morgan fingerprint density at radius 3 is 2.45 bits per heavy atom. The van der Waals surface area contributed by atoms with Crippen LogP contribution in [0.5, 0.6) is 5.75 Å². The molecule has 2 aromatic rings. The van der Waals surface area contributed by atoms with Gasteiger partial charge in [0.05, 0.1) is 19.8 Å². The SMILES string of the molecule is CCCCOc1ccc(C(=O)N2CCC(c3nn(CCOC)c(=O)n3CC)CC2)cc1. The number of aromatic nitrogens is 3. The molecule has 2 heterocycles. The maximum Gasteiger partial charge on any atom is 0.345 e. The minimum atomic E-state index is -0.0886. The van der Waals surface area contributed by atoms with Gasteiger partial charge in [-0.25, -0.2) is 9.48 Å². The van der Waals surface area contributed by atoms with Gasteiger partial charge in [-0.15, -0.1) is 0 Å². The van der Waals surface area contributed by atoms with Crippen LogP contribution in [0.1, 0.15) is 61.6 Å². The van der Waals surface area contributed by atoms with Gasteiger partial charge in [0.2, 0.25) is 0 Å². The standard InChI is InChI=1S/C23H34N4O4/c1-4-6-16-31-20-9-7-19(8-10-20)22(28)25-13-11-18(12-14-25)21-24-27(15-17-30-3)23(29)26(21)5-2/h7-10,18H,4-6,11-17H2,1-3H3. The van der Waals surface area contributed by atoms with Gasteiger partial charge in [0.15, 0.2) is 0 Å². The normalized spacial score (nSPS) is 14.7. The quantitative estimate of drug-likeness (QED) is 0.542. The van der Waals surface area contributed by atoms with E-state index in [1.165, 1.54) is 4.68 Å². The lowest BCUT2D eigenvalue weighted by Crippen LogP contribution is -2.38. The molecule has 0 saturated carbocycles. The predicted octanol–water partition coefficient (Wildman–Crippen LogP) is 2.91. The first-order chi connectivity index (χ1) is 15.1. The maximum absolute atomic E-state index is 12.9. The average molecular weight is 431 g/mol. The summed E-state index contributed by atoms with van der Waals surface area (Å²) in [6.45, 7) is 7.58. The Bertz CT molecular complexity index is 895. The summed E-state index contributed by atoms with van der Waals surface area (Å²) in [5, 5.41) is 4.58. The Balaban J connectivity index is 1.60. The van der Waals surface area contributed by atoms with E-state index in [2.05, 4.69) is 12.0 Å². The summed E-state index contributed by atoms with van der Waals surface area (Å²) in [6.07, 6.45) is 3.70. The Hall–Kier alpha value is -2.61. The van der Waals surface area contributed by atoms with Gasteiger partial charge < -0.3 is 14.4 Å². The Morgan fingerprint density at radius 2 is 1.84 bits per heavy atom. The number of methoxy groups -OCH3 is 1. The zero-order valence-electron chi connectivity index (χ0n) is 18.9. The number of carbonyl (C=O) groups excluding carboxylic acids is 1. The maximum atomic E-state index is 12.9. The second-order valence-corrected chi connectivity index (χ2v) is 7.89. The van der Waals surface area contributed by atoms with Gasteiger partial charge in [-0.1, -0.05) is 13.3 Å². The lowest BCUT2D eigenvalue weighted by molar-refractivity contribution is 0.0710. The van der Waals surface area contributed by atoms with Crippen LogP contribution in [0.15, 0.2) is 29.1 Å². The second kappa shape index (κ2) is 11.1. The first kappa shape index (κ1) is 23.1. The molecule has 0 atom stereocenters. The molecule has 0 radical (unpaired) electrons. The molecule has 1 amide bonds. The van der Waals surface area contributed by atoms with Crippen LogP contribution in [0.2, 0.25) is 0 Å². The summed E-state index contributed by atoms with van der Waals surface area (Å²) in [6, 6.07) is 7.40. The number of hydrogen-bond acceptors (Lipinski definition) is 5. The van der Waals surface area contributed by atoms with Crippen molar-refractivity contribution in [2.45, 2.75) is 58.5 Å². The summed E-state index contributed by atoms with van der Waals surface area (Å²) >= 11 is 0. The van der Waals surface area contributed by atoms with Crippen LogP contribution < -0.4 is 10.4 Å². The van der Waals surface area contributed by atoms with E-state index in [0.717, 1.165) is 37.3 Å². The first-order valence-corrected chi connectivity index (χ1v) is 11.3. The summed E-state index contributed by atoms with van der Waals surface area (Å²) in [7, 11) is 1.61. The Morgan fingerprint density at radius 1 is 1.13 bits per heavy atom. The molecule has 1 aromatic carbocycles. The lowest BCUT2D eigenvalue weighted by Gasteiger charge is -2.31. The van der Waals surface area contributed by atoms with Crippen molar-refractivity contribution in [3.8, 4) is 5.75 Å². The van der Waals surface area contributed by atoms with E-state index in [1.807, 2.05) is 36.1 Å². The molecule has 0 N–H and O–H groups in total. The van der Waals surface area contributed by atoms with Crippen molar-refractivity contribution in [2.24, 2.45) is 0 Å². The van der Waals surface area contributed by atoms with Crippen molar-refractivity contribution < 1.29 is 14.3 Å². The fraction of sp³-hybridized carbons (Fsp3) is 0.609. The zero-order chi connectivity index (χ0) is 22.2. The highest BCUT2D eigenvalue weighted by molar-refractivity contribution is 5.94. The number of unbranched alkanes of at least 4 members (excludes halogenated alkanes) is 1. The lowest BCUT2D eigenvalue weighted by atomic mass is 9.95. The molecule has 1 saturated heterocycles. The molecule has 8 nitrogen and oxygen atoms in total. The number of likely N-dealkylation sites (tertiary alicyclic amines) is 1. The van der Waals surface area contributed by atoms with Gasteiger partial charge in [0.25, 0.3) is 5.91 Å². The molecule has 0 spiro atoms. The van der Waals surface area contributed by atoms with Gasteiger partial charge in [0, 0.05) is 38.2 Å². The van der Waals surface area contributed by atoms with E-state index >= 15 is 0 Å². The van der Waals surface area contributed by atoms with E-state index in [9.17, 15) is 9.59 Å². The van der Waals surface area contributed by atoms with Crippen molar-refractivity contribution in [3.63, 3.8) is 0 Å². The average Bonchev–Trinajstić information content (AvgIpc) is 3.13. The number of nitrogens with zero attached hydrogens (tertiary/aromatic N) is 4. The molecule has 0 bridgehead atoms. The minimum Gasteiger partial charge on any atom is -0.494 e. The van der Waals surface area contributed by atoms with Gasteiger partial charge in [-0.3, -0.25) is 9.36 Å². The second-order valence-electron chi connectivity index (χ2n) is 7.89. The van der Waals surface area contributed by atoms with E-state index in [1.54, 1.807) is 11.7 Å². The molecule has 1 aromatic heterocycles. The van der Waals surface area contributed by atoms with Gasteiger partial charge in [0.1, 0.15) is 11.6 Å². The molecule has 0 aliphatic carbocycles. The molecule has 1 fully saturated rings. The van der Waals surface area contributed by atoms with Gasteiger partial charge >= 0.3 is 5.69 Å². The third-order valence-corrected chi connectivity index (χ3v) is 5.79. The highest BCUT2D eigenvalue weighted by atomic mass is 16.5. The van der Waals surface area contributed by atoms with Gasteiger partial charge in [-0.05, 0) is 50.5 Å². The molecular weight excluding hydrogens is 396 g/mol. The van der Waals surface area contributed by atoms with E-state index in [0.29, 0.717) is 45.0 Å². The molecule has 1 aliphatic rings. The number of benzene rings is 1. The third-order valence-electron chi connectivity index (χ3n) is 5.79. The van der Waals surface area contributed by atoms with Crippen molar-refractivity contribution in [1.82, 2.24) is 19.2 Å². The fourth-order valence-electron chi connectivity index (χ4n) is 3.93. The number of ether oxygens (including phenoxy) is 2. The molecule has 3 rings (SSSR count). The number of hydrogen-bond donors (Lipinski definition) is 0.